The highest BCUT2D eigenvalue weighted by molar-refractivity contribution is 8.04. The Bertz CT molecular complexity index is 935. The summed E-state index contributed by atoms with van der Waals surface area (Å²) < 4.78 is 43.5. The smallest absolute Gasteiger partial charge is 0.416 e. The van der Waals surface area contributed by atoms with E-state index in [0.717, 1.165) is 29.2 Å². The topological polar surface area (TPSA) is 46.6 Å². The quantitative estimate of drug-likeness (QED) is 0.671. The van der Waals surface area contributed by atoms with Gasteiger partial charge in [-0.15, -0.1) is 11.8 Å². The highest BCUT2D eigenvalue weighted by Gasteiger charge is 2.40. The molecule has 0 radical (unpaired) electrons. The van der Waals surface area contributed by atoms with Crippen LogP contribution in [0.2, 0.25) is 0 Å². The Kier molecular flexibility index (Phi) is 5.51. The molecule has 0 saturated heterocycles. The number of rotatable bonds is 5. The molecule has 0 unspecified atom stereocenters. The first-order valence-corrected chi connectivity index (χ1v) is 9.34. The number of hydrogen-bond acceptors (Lipinski definition) is 4. The molecule has 0 N–H and O–H groups in total. The van der Waals surface area contributed by atoms with E-state index in [-0.39, 0.29) is 16.2 Å². The molecule has 0 aliphatic carbocycles. The Labute approximate surface area is 164 Å². The molecule has 0 aromatic heterocycles. The van der Waals surface area contributed by atoms with Gasteiger partial charge in [0.2, 0.25) is 0 Å². The van der Waals surface area contributed by atoms with Crippen molar-refractivity contribution in [1.82, 2.24) is 0 Å². The van der Waals surface area contributed by atoms with Crippen molar-refractivity contribution in [2.45, 2.75) is 13.1 Å². The summed E-state index contributed by atoms with van der Waals surface area (Å²) in [5.41, 5.74) is 0.0338. The van der Waals surface area contributed by atoms with E-state index in [1.807, 2.05) is 6.92 Å². The van der Waals surface area contributed by atoms with Crippen molar-refractivity contribution in [1.29, 1.82) is 0 Å². The Morgan fingerprint density at radius 1 is 0.964 bits per heavy atom. The molecule has 0 spiro atoms. The third kappa shape index (κ3) is 3.64. The fraction of sp³-hybridized carbons (Fsp3) is 0.200. The second-order valence-corrected chi connectivity index (χ2v) is 7.13. The molecule has 1 aliphatic heterocycles. The molecule has 2 aromatic rings. The lowest BCUT2D eigenvalue weighted by Crippen LogP contribution is -2.31. The van der Waals surface area contributed by atoms with Crippen LogP contribution in [0.1, 0.15) is 18.1 Å². The highest BCUT2D eigenvalue weighted by Crippen LogP contribution is 2.39. The van der Waals surface area contributed by atoms with E-state index >= 15 is 0 Å². The number of alkyl halides is 3. The molecule has 28 heavy (non-hydrogen) atoms. The van der Waals surface area contributed by atoms with Gasteiger partial charge in [0.05, 0.1) is 28.8 Å². The number of nitrogens with zero attached hydrogens (tertiary/aromatic N) is 1. The lowest BCUT2D eigenvalue weighted by atomic mass is 10.1. The van der Waals surface area contributed by atoms with Crippen LogP contribution in [0, 0.1) is 0 Å². The van der Waals surface area contributed by atoms with Crippen LogP contribution in [-0.4, -0.2) is 24.7 Å². The highest BCUT2D eigenvalue weighted by atomic mass is 32.2. The number of anilines is 1. The zero-order valence-electron chi connectivity index (χ0n) is 15.0. The van der Waals surface area contributed by atoms with Crippen molar-refractivity contribution in [2.75, 3.05) is 17.8 Å². The van der Waals surface area contributed by atoms with E-state index in [0.29, 0.717) is 17.1 Å². The van der Waals surface area contributed by atoms with Crippen LogP contribution in [0.25, 0.3) is 5.57 Å². The number of halogens is 3. The number of ether oxygens (including phenoxy) is 1. The molecule has 3 rings (SSSR count). The Morgan fingerprint density at radius 2 is 1.57 bits per heavy atom. The minimum atomic E-state index is -4.49. The minimum Gasteiger partial charge on any atom is -0.497 e. The average molecular weight is 407 g/mol. The molecular weight excluding hydrogens is 391 g/mol. The third-order valence-corrected chi connectivity index (χ3v) is 5.12. The molecule has 0 bridgehead atoms. The summed E-state index contributed by atoms with van der Waals surface area (Å²) in [6.07, 6.45) is -4.49. The van der Waals surface area contributed by atoms with Gasteiger partial charge < -0.3 is 4.74 Å². The Hall–Kier alpha value is -2.74. The number of amides is 2. The van der Waals surface area contributed by atoms with Gasteiger partial charge in [-0.2, -0.15) is 13.2 Å². The molecule has 0 saturated carbocycles. The number of imide groups is 1. The van der Waals surface area contributed by atoms with Crippen LogP contribution in [0.5, 0.6) is 5.75 Å². The minimum absolute atomic E-state index is 0.0979. The summed E-state index contributed by atoms with van der Waals surface area (Å²) in [4.78, 5) is 27.1. The van der Waals surface area contributed by atoms with E-state index in [9.17, 15) is 22.8 Å². The van der Waals surface area contributed by atoms with Crippen molar-refractivity contribution >= 4 is 34.8 Å². The molecule has 8 heteroatoms. The van der Waals surface area contributed by atoms with Crippen molar-refractivity contribution in [2.24, 2.45) is 0 Å². The fourth-order valence-corrected chi connectivity index (χ4v) is 3.69. The number of hydrogen-bond donors (Lipinski definition) is 0. The van der Waals surface area contributed by atoms with Gasteiger partial charge in [0, 0.05) is 0 Å². The summed E-state index contributed by atoms with van der Waals surface area (Å²) in [6.45, 7) is 1.85. The predicted octanol–water partition coefficient (Wildman–Crippen LogP) is 4.75. The standard InChI is InChI=1S/C20H16F3NO3S/c1-3-28-17-16(12-4-10-15(27-2)11-5-12)18(25)24(19(17)26)14-8-6-13(7-9-14)20(21,22)23/h4-11H,3H2,1-2H3. The molecule has 146 valence electrons. The maximum Gasteiger partial charge on any atom is 0.416 e. The van der Waals surface area contributed by atoms with Crippen molar-refractivity contribution in [3.8, 4) is 5.75 Å². The first-order valence-electron chi connectivity index (χ1n) is 8.35. The van der Waals surface area contributed by atoms with Crippen molar-refractivity contribution in [3.63, 3.8) is 0 Å². The molecule has 4 nitrogen and oxygen atoms in total. The number of methoxy groups -OCH3 is 1. The number of benzene rings is 2. The lowest BCUT2D eigenvalue weighted by Gasteiger charge is -2.16. The number of carbonyl (C=O) groups is 2. The summed E-state index contributed by atoms with van der Waals surface area (Å²) in [7, 11) is 1.52. The van der Waals surface area contributed by atoms with E-state index in [2.05, 4.69) is 0 Å². The third-order valence-electron chi connectivity index (χ3n) is 4.16. The van der Waals surface area contributed by atoms with E-state index in [1.54, 1.807) is 24.3 Å². The number of carbonyl (C=O) groups excluding carboxylic acids is 2. The van der Waals surface area contributed by atoms with Crippen LogP contribution in [0.4, 0.5) is 18.9 Å². The largest absolute Gasteiger partial charge is 0.497 e. The van der Waals surface area contributed by atoms with Crippen LogP contribution < -0.4 is 9.64 Å². The van der Waals surface area contributed by atoms with Gasteiger partial charge in [0.15, 0.2) is 0 Å². The summed E-state index contributed by atoms with van der Waals surface area (Å²) in [5.74, 6) is 0.0632. The number of thioether (sulfide) groups is 1. The Morgan fingerprint density at radius 3 is 2.07 bits per heavy atom. The van der Waals surface area contributed by atoms with Crippen molar-refractivity contribution in [3.05, 3.63) is 64.6 Å². The van der Waals surface area contributed by atoms with Gasteiger partial charge in [-0.25, -0.2) is 4.90 Å². The molecule has 0 atom stereocenters. The molecule has 0 fully saturated rings. The van der Waals surface area contributed by atoms with Crippen LogP contribution in [0.15, 0.2) is 53.4 Å². The molecule has 1 heterocycles. The summed E-state index contributed by atoms with van der Waals surface area (Å²) >= 11 is 1.23. The van der Waals surface area contributed by atoms with Crippen molar-refractivity contribution < 1.29 is 27.5 Å². The zero-order chi connectivity index (χ0) is 20.5. The average Bonchev–Trinajstić information content (AvgIpc) is 2.91. The molecule has 1 aliphatic rings. The van der Waals surface area contributed by atoms with Gasteiger partial charge >= 0.3 is 6.18 Å². The van der Waals surface area contributed by atoms with Gasteiger partial charge in [-0.3, -0.25) is 9.59 Å². The summed E-state index contributed by atoms with van der Waals surface area (Å²) in [5, 5.41) is 0. The van der Waals surface area contributed by atoms with E-state index in [4.69, 9.17) is 4.74 Å². The van der Waals surface area contributed by atoms with Crippen LogP contribution in [-0.2, 0) is 15.8 Å². The van der Waals surface area contributed by atoms with Gasteiger partial charge in [0.25, 0.3) is 11.8 Å². The fourth-order valence-electron chi connectivity index (χ4n) is 2.83. The maximum absolute atomic E-state index is 13.0. The predicted molar refractivity (Wildman–Crippen MR) is 102 cm³/mol. The molecular formula is C20H16F3NO3S. The zero-order valence-corrected chi connectivity index (χ0v) is 15.9. The lowest BCUT2D eigenvalue weighted by molar-refractivity contribution is -0.137. The van der Waals surface area contributed by atoms with Crippen LogP contribution >= 0.6 is 11.8 Å². The molecule has 2 amide bonds. The van der Waals surface area contributed by atoms with E-state index < -0.39 is 23.6 Å². The first-order chi connectivity index (χ1) is 13.3. The maximum atomic E-state index is 13.0. The monoisotopic (exact) mass is 407 g/mol. The second kappa shape index (κ2) is 7.71. The second-order valence-electron chi connectivity index (χ2n) is 5.86. The van der Waals surface area contributed by atoms with Gasteiger partial charge in [0.1, 0.15) is 5.75 Å². The van der Waals surface area contributed by atoms with Gasteiger partial charge in [-0.1, -0.05) is 19.1 Å². The summed E-state index contributed by atoms with van der Waals surface area (Å²) in [6, 6.07) is 10.7. The Balaban J connectivity index is 2.01. The van der Waals surface area contributed by atoms with E-state index in [1.165, 1.54) is 18.9 Å². The normalized spacial score (nSPS) is 14.8. The van der Waals surface area contributed by atoms with Gasteiger partial charge in [-0.05, 0) is 47.7 Å². The first kappa shape index (κ1) is 20.0. The van der Waals surface area contributed by atoms with Crippen LogP contribution in [0.3, 0.4) is 0 Å². The molecule has 2 aromatic carbocycles. The SMILES string of the molecule is CCSC1=C(c2ccc(OC)cc2)C(=O)N(c2ccc(C(F)(F)F)cc2)C1=O.